The Kier molecular flexibility index (Phi) is 5.02. The fraction of sp³-hybridized carbons (Fsp3) is 0.867. The molecule has 0 spiro atoms. The van der Waals surface area contributed by atoms with Gasteiger partial charge in [-0.3, -0.25) is 9.59 Å². The maximum Gasteiger partial charge on any atom is 0.245 e. The van der Waals surface area contributed by atoms with E-state index in [1.165, 1.54) is 6.92 Å². The summed E-state index contributed by atoms with van der Waals surface area (Å²) in [4.78, 5) is 24.2. The van der Waals surface area contributed by atoms with Gasteiger partial charge >= 0.3 is 0 Å². The van der Waals surface area contributed by atoms with Crippen LogP contribution in [0.1, 0.15) is 58.3 Å². The highest BCUT2D eigenvalue weighted by Gasteiger charge is 2.42. The average Bonchev–Trinajstić information content (AvgIpc) is 2.86. The quantitative estimate of drug-likeness (QED) is 0.720. The standard InChI is InChI=1S/C15H27N3O2/c1-11(19)18-15(8-3-2-4-9-15)14(20)17-13-7-5-6-12(13)10-16/h12-13H,2-10,16H2,1H3,(H,17,20)(H,18,19). The molecular weight excluding hydrogens is 254 g/mol. The van der Waals surface area contributed by atoms with Gasteiger partial charge in [-0.1, -0.05) is 25.7 Å². The molecule has 5 heteroatoms. The van der Waals surface area contributed by atoms with Gasteiger partial charge in [0, 0.05) is 13.0 Å². The minimum Gasteiger partial charge on any atom is -0.351 e. The summed E-state index contributed by atoms with van der Waals surface area (Å²) in [7, 11) is 0. The number of nitrogens with one attached hydrogen (secondary N) is 2. The molecular formula is C15H27N3O2. The van der Waals surface area contributed by atoms with E-state index in [0.717, 1.165) is 51.4 Å². The van der Waals surface area contributed by atoms with E-state index < -0.39 is 5.54 Å². The highest BCUT2D eigenvalue weighted by Crippen LogP contribution is 2.30. The van der Waals surface area contributed by atoms with Crippen LogP contribution in [0.2, 0.25) is 0 Å². The van der Waals surface area contributed by atoms with Crippen LogP contribution in [0.5, 0.6) is 0 Å². The molecule has 0 aromatic carbocycles. The Morgan fingerprint density at radius 1 is 1.15 bits per heavy atom. The highest BCUT2D eigenvalue weighted by atomic mass is 16.2. The van der Waals surface area contributed by atoms with E-state index in [9.17, 15) is 9.59 Å². The van der Waals surface area contributed by atoms with Crippen molar-refractivity contribution in [3.05, 3.63) is 0 Å². The third-order valence-corrected chi connectivity index (χ3v) is 4.84. The van der Waals surface area contributed by atoms with Gasteiger partial charge in [-0.05, 0) is 38.1 Å². The van der Waals surface area contributed by atoms with E-state index in [-0.39, 0.29) is 17.9 Å². The molecule has 0 bridgehead atoms. The summed E-state index contributed by atoms with van der Waals surface area (Å²) in [6.45, 7) is 2.11. The lowest BCUT2D eigenvalue weighted by molar-refractivity contribution is -0.135. The van der Waals surface area contributed by atoms with Crippen LogP contribution >= 0.6 is 0 Å². The lowest BCUT2D eigenvalue weighted by atomic mass is 9.80. The van der Waals surface area contributed by atoms with Gasteiger partial charge in [0.1, 0.15) is 5.54 Å². The van der Waals surface area contributed by atoms with Crippen LogP contribution < -0.4 is 16.4 Å². The zero-order chi connectivity index (χ0) is 14.6. The molecule has 5 nitrogen and oxygen atoms in total. The molecule has 2 unspecified atom stereocenters. The van der Waals surface area contributed by atoms with Gasteiger partial charge in [0.2, 0.25) is 11.8 Å². The van der Waals surface area contributed by atoms with Crippen LogP contribution in [0.15, 0.2) is 0 Å². The third kappa shape index (κ3) is 3.32. The molecule has 2 aliphatic carbocycles. The molecule has 2 fully saturated rings. The van der Waals surface area contributed by atoms with Gasteiger partial charge in [0.15, 0.2) is 0 Å². The number of rotatable bonds is 4. The lowest BCUT2D eigenvalue weighted by Gasteiger charge is -2.37. The van der Waals surface area contributed by atoms with Crippen LogP contribution in [0.25, 0.3) is 0 Å². The number of hydrogen-bond acceptors (Lipinski definition) is 3. The van der Waals surface area contributed by atoms with Crippen LogP contribution in [-0.2, 0) is 9.59 Å². The van der Waals surface area contributed by atoms with Gasteiger partial charge in [0.05, 0.1) is 0 Å². The first-order valence-corrected chi connectivity index (χ1v) is 7.87. The maximum atomic E-state index is 12.7. The van der Waals surface area contributed by atoms with Gasteiger partial charge in [-0.15, -0.1) is 0 Å². The zero-order valence-corrected chi connectivity index (χ0v) is 12.4. The van der Waals surface area contributed by atoms with Gasteiger partial charge in [-0.25, -0.2) is 0 Å². The molecule has 114 valence electrons. The molecule has 0 radical (unpaired) electrons. The second kappa shape index (κ2) is 6.57. The largest absolute Gasteiger partial charge is 0.351 e. The van der Waals surface area contributed by atoms with Crippen molar-refractivity contribution < 1.29 is 9.59 Å². The number of amides is 2. The summed E-state index contributed by atoms with van der Waals surface area (Å²) >= 11 is 0. The summed E-state index contributed by atoms with van der Waals surface area (Å²) in [5, 5.41) is 6.08. The monoisotopic (exact) mass is 281 g/mol. The summed E-state index contributed by atoms with van der Waals surface area (Å²) in [5.74, 6) is 0.263. The van der Waals surface area contributed by atoms with Crippen molar-refractivity contribution in [2.45, 2.75) is 69.9 Å². The molecule has 2 saturated carbocycles. The summed E-state index contributed by atoms with van der Waals surface area (Å²) in [6, 6.07) is 0.181. The Morgan fingerprint density at radius 2 is 1.85 bits per heavy atom. The van der Waals surface area contributed by atoms with E-state index in [4.69, 9.17) is 5.73 Å². The SMILES string of the molecule is CC(=O)NC1(C(=O)NC2CCCC2CN)CCCCC1. The summed E-state index contributed by atoms with van der Waals surface area (Å²) in [5.41, 5.74) is 5.08. The fourth-order valence-electron chi connectivity index (χ4n) is 3.72. The van der Waals surface area contributed by atoms with Crippen molar-refractivity contribution in [3.8, 4) is 0 Å². The topological polar surface area (TPSA) is 84.2 Å². The predicted octanol–water partition coefficient (Wildman–Crippen LogP) is 1.07. The second-order valence-electron chi connectivity index (χ2n) is 6.33. The van der Waals surface area contributed by atoms with Gasteiger partial charge in [0.25, 0.3) is 0 Å². The molecule has 2 amide bonds. The number of carbonyl (C=O) groups excluding carboxylic acids is 2. The second-order valence-corrected chi connectivity index (χ2v) is 6.33. The number of hydrogen-bond donors (Lipinski definition) is 3. The molecule has 0 heterocycles. The summed E-state index contributed by atoms with van der Waals surface area (Å²) < 4.78 is 0. The zero-order valence-electron chi connectivity index (χ0n) is 12.4. The van der Waals surface area contributed by atoms with Crippen molar-refractivity contribution in [2.24, 2.45) is 11.7 Å². The van der Waals surface area contributed by atoms with Crippen LogP contribution in [0, 0.1) is 5.92 Å². The van der Waals surface area contributed by atoms with Gasteiger partial charge in [-0.2, -0.15) is 0 Å². The molecule has 2 aliphatic rings. The Balaban J connectivity index is 2.04. The van der Waals surface area contributed by atoms with E-state index >= 15 is 0 Å². The number of nitrogens with two attached hydrogens (primary N) is 1. The molecule has 4 N–H and O–H groups in total. The lowest BCUT2D eigenvalue weighted by Crippen LogP contribution is -2.61. The first-order valence-electron chi connectivity index (χ1n) is 7.87. The molecule has 0 aromatic rings. The van der Waals surface area contributed by atoms with E-state index in [2.05, 4.69) is 10.6 Å². The maximum absolute atomic E-state index is 12.7. The average molecular weight is 281 g/mol. The van der Waals surface area contributed by atoms with Gasteiger partial charge < -0.3 is 16.4 Å². The van der Waals surface area contributed by atoms with Crippen LogP contribution in [0.4, 0.5) is 0 Å². The smallest absolute Gasteiger partial charge is 0.245 e. The first-order chi connectivity index (χ1) is 9.57. The Labute approximate surface area is 121 Å². The third-order valence-electron chi connectivity index (χ3n) is 4.84. The molecule has 20 heavy (non-hydrogen) atoms. The molecule has 2 rings (SSSR count). The van der Waals surface area contributed by atoms with Crippen molar-refractivity contribution in [1.29, 1.82) is 0 Å². The molecule has 0 aliphatic heterocycles. The van der Waals surface area contributed by atoms with Crippen LogP contribution in [-0.4, -0.2) is 29.9 Å². The highest BCUT2D eigenvalue weighted by molar-refractivity contribution is 5.91. The normalized spacial score (nSPS) is 28.9. The Bertz CT molecular complexity index is 364. The summed E-state index contributed by atoms with van der Waals surface area (Å²) in [6.07, 6.45) is 7.86. The number of carbonyl (C=O) groups is 2. The van der Waals surface area contributed by atoms with Crippen LogP contribution in [0.3, 0.4) is 0 Å². The van der Waals surface area contributed by atoms with E-state index in [1.54, 1.807) is 0 Å². The predicted molar refractivity (Wildman–Crippen MR) is 78.0 cm³/mol. The van der Waals surface area contributed by atoms with E-state index in [1.807, 2.05) is 0 Å². The molecule has 0 aromatic heterocycles. The Morgan fingerprint density at radius 3 is 2.45 bits per heavy atom. The van der Waals surface area contributed by atoms with Crippen molar-refractivity contribution in [1.82, 2.24) is 10.6 Å². The fourth-order valence-corrected chi connectivity index (χ4v) is 3.72. The minimum absolute atomic E-state index is 0.00208. The van der Waals surface area contributed by atoms with Crippen molar-refractivity contribution in [3.63, 3.8) is 0 Å². The van der Waals surface area contributed by atoms with E-state index in [0.29, 0.717) is 12.5 Å². The van der Waals surface area contributed by atoms with Crippen molar-refractivity contribution in [2.75, 3.05) is 6.54 Å². The molecule has 2 atom stereocenters. The molecule has 0 saturated heterocycles. The Hall–Kier alpha value is -1.10. The minimum atomic E-state index is -0.689. The first kappa shape index (κ1) is 15.3. The van der Waals surface area contributed by atoms with Crippen molar-refractivity contribution >= 4 is 11.8 Å².